The van der Waals surface area contributed by atoms with Gasteiger partial charge in [0.05, 0.1) is 22.6 Å². The number of aliphatic hydroxyl groups excluding tert-OH is 1. The number of nitrogens with one attached hydrogen (secondary N) is 2. The topological polar surface area (TPSA) is 61.4 Å². The number of hydrogen-bond donors (Lipinski definition) is 3. The molecule has 3 rings (SSSR count). The van der Waals surface area contributed by atoms with Gasteiger partial charge in [-0.05, 0) is 62.3 Å². The number of hydrogen-bond acceptors (Lipinski definition) is 3. The minimum atomic E-state index is -0.343. The lowest BCUT2D eigenvalue weighted by atomic mass is 9.80. The van der Waals surface area contributed by atoms with Gasteiger partial charge in [-0.2, -0.15) is 0 Å². The molecule has 33 heavy (non-hydrogen) atoms. The molecule has 1 fully saturated rings. The largest absolute Gasteiger partial charge is 0.393 e. The summed E-state index contributed by atoms with van der Waals surface area (Å²) in [5.74, 6) is -0.00826. The number of halogens is 2. The molecule has 1 saturated carbocycles. The highest BCUT2D eigenvalue weighted by Crippen LogP contribution is 2.29. The van der Waals surface area contributed by atoms with Crippen molar-refractivity contribution in [3.8, 4) is 0 Å². The molecule has 1 aliphatic carbocycles. The second-order valence-electron chi connectivity index (χ2n) is 9.51. The third kappa shape index (κ3) is 8.60. The van der Waals surface area contributed by atoms with Crippen molar-refractivity contribution in [3.63, 3.8) is 0 Å². The number of benzene rings is 2. The van der Waals surface area contributed by atoms with Crippen LogP contribution in [0.3, 0.4) is 0 Å². The molecule has 0 heterocycles. The zero-order valence-corrected chi connectivity index (χ0v) is 21.0. The summed E-state index contributed by atoms with van der Waals surface area (Å²) < 4.78 is 0. The number of carbonyl (C=O) groups is 1. The standard InChI is InChI=1S/C27H36Cl2N2O2/c1-20(10-12-23(32)16-21-8-4-2-5-9-21)31-27(14-6-3-7-15-27)19-30-26(33)18-22-11-13-24(28)25(29)17-22/h2,4-5,8-9,11,13,17,20,23,31-32H,3,6-7,10,12,14-16,18-19H2,1H3,(H,30,33). The van der Waals surface area contributed by atoms with Crippen molar-refractivity contribution >= 4 is 29.1 Å². The van der Waals surface area contributed by atoms with E-state index in [1.54, 1.807) is 12.1 Å². The molecule has 1 aliphatic rings. The quantitative estimate of drug-likeness (QED) is 0.377. The fourth-order valence-corrected chi connectivity index (χ4v) is 5.11. The second kappa shape index (κ2) is 12.8. The van der Waals surface area contributed by atoms with E-state index in [4.69, 9.17) is 23.2 Å². The summed E-state index contributed by atoms with van der Waals surface area (Å²) in [5.41, 5.74) is 1.93. The first-order chi connectivity index (χ1) is 15.8. The fraction of sp³-hybridized carbons (Fsp3) is 0.519. The molecule has 0 bridgehead atoms. The van der Waals surface area contributed by atoms with Gasteiger partial charge in [0.15, 0.2) is 0 Å². The van der Waals surface area contributed by atoms with Crippen molar-refractivity contribution in [2.24, 2.45) is 0 Å². The molecule has 1 amide bonds. The molecule has 2 aromatic carbocycles. The lowest BCUT2D eigenvalue weighted by Crippen LogP contribution is -2.57. The van der Waals surface area contributed by atoms with Crippen LogP contribution in [-0.2, 0) is 17.6 Å². The molecule has 4 nitrogen and oxygen atoms in total. The van der Waals surface area contributed by atoms with Gasteiger partial charge in [-0.1, -0.05) is 78.9 Å². The van der Waals surface area contributed by atoms with Gasteiger partial charge < -0.3 is 15.7 Å². The van der Waals surface area contributed by atoms with E-state index >= 15 is 0 Å². The number of amides is 1. The lowest BCUT2D eigenvalue weighted by molar-refractivity contribution is -0.120. The molecule has 180 valence electrons. The van der Waals surface area contributed by atoms with Crippen molar-refractivity contribution < 1.29 is 9.90 Å². The Kier molecular flexibility index (Phi) is 10.1. The van der Waals surface area contributed by atoms with E-state index in [0.29, 0.717) is 23.0 Å². The third-order valence-corrected chi connectivity index (χ3v) is 7.32. The molecule has 6 heteroatoms. The van der Waals surface area contributed by atoms with Gasteiger partial charge in [-0.15, -0.1) is 0 Å². The van der Waals surface area contributed by atoms with Crippen LogP contribution in [0, 0.1) is 0 Å². The smallest absolute Gasteiger partial charge is 0.224 e. The Bertz CT molecular complexity index is 885. The van der Waals surface area contributed by atoms with Crippen molar-refractivity contribution in [3.05, 3.63) is 69.7 Å². The Labute approximate surface area is 208 Å². The molecule has 0 saturated heterocycles. The Morgan fingerprint density at radius 3 is 2.42 bits per heavy atom. The summed E-state index contributed by atoms with van der Waals surface area (Å²) in [7, 11) is 0. The van der Waals surface area contributed by atoms with E-state index in [2.05, 4.69) is 29.7 Å². The van der Waals surface area contributed by atoms with Crippen LogP contribution < -0.4 is 10.6 Å². The van der Waals surface area contributed by atoms with E-state index in [1.165, 1.54) is 24.8 Å². The van der Waals surface area contributed by atoms with Crippen molar-refractivity contribution in [1.29, 1.82) is 0 Å². The van der Waals surface area contributed by atoms with Gasteiger partial charge in [0.25, 0.3) is 0 Å². The predicted molar refractivity (Wildman–Crippen MR) is 137 cm³/mol. The summed E-state index contributed by atoms with van der Waals surface area (Å²) in [6.07, 6.45) is 7.95. The Morgan fingerprint density at radius 1 is 1.00 bits per heavy atom. The van der Waals surface area contributed by atoms with E-state index in [-0.39, 0.29) is 30.0 Å². The maximum Gasteiger partial charge on any atom is 0.224 e. The summed E-state index contributed by atoms with van der Waals surface area (Å²) in [6.45, 7) is 2.80. The molecular formula is C27H36Cl2N2O2. The van der Waals surface area contributed by atoms with Crippen LogP contribution in [0.25, 0.3) is 0 Å². The first kappa shape index (κ1) is 26.0. The SMILES string of the molecule is CC(CCC(O)Cc1ccccc1)NC1(CNC(=O)Cc2ccc(Cl)c(Cl)c2)CCCCC1. The number of aliphatic hydroxyl groups is 1. The van der Waals surface area contributed by atoms with Gasteiger partial charge >= 0.3 is 0 Å². The first-order valence-corrected chi connectivity index (χ1v) is 12.8. The van der Waals surface area contributed by atoms with Crippen LogP contribution in [0.2, 0.25) is 10.0 Å². The Morgan fingerprint density at radius 2 is 1.73 bits per heavy atom. The lowest BCUT2D eigenvalue weighted by Gasteiger charge is -2.41. The van der Waals surface area contributed by atoms with Crippen molar-refractivity contribution in [1.82, 2.24) is 10.6 Å². The molecule has 2 unspecified atom stereocenters. The van der Waals surface area contributed by atoms with Crippen LogP contribution in [-0.4, -0.2) is 35.2 Å². The second-order valence-corrected chi connectivity index (χ2v) is 10.3. The monoisotopic (exact) mass is 490 g/mol. The molecule has 3 N–H and O–H groups in total. The normalized spacial score (nSPS) is 17.3. The zero-order valence-electron chi connectivity index (χ0n) is 19.5. The highest BCUT2D eigenvalue weighted by molar-refractivity contribution is 6.42. The third-order valence-electron chi connectivity index (χ3n) is 6.58. The summed E-state index contributed by atoms with van der Waals surface area (Å²) in [6, 6.07) is 15.7. The molecular weight excluding hydrogens is 455 g/mol. The van der Waals surface area contributed by atoms with Crippen molar-refractivity contribution in [2.75, 3.05) is 6.54 Å². The van der Waals surface area contributed by atoms with Crippen LogP contribution in [0.4, 0.5) is 0 Å². The first-order valence-electron chi connectivity index (χ1n) is 12.1. The predicted octanol–water partition coefficient (Wildman–Crippen LogP) is 5.72. The summed E-state index contributed by atoms with van der Waals surface area (Å²) >= 11 is 12.1. The number of carbonyl (C=O) groups excluding carboxylic acids is 1. The van der Waals surface area contributed by atoms with Crippen LogP contribution in [0.15, 0.2) is 48.5 Å². The average Bonchev–Trinajstić information content (AvgIpc) is 2.80. The Balaban J connectivity index is 1.49. The molecule has 2 aromatic rings. The van der Waals surface area contributed by atoms with Gasteiger partial charge in [-0.25, -0.2) is 0 Å². The summed E-state index contributed by atoms with van der Waals surface area (Å²) in [4.78, 5) is 12.6. The average molecular weight is 492 g/mol. The van der Waals surface area contributed by atoms with E-state index < -0.39 is 0 Å². The molecule has 0 spiro atoms. The van der Waals surface area contributed by atoms with Crippen LogP contribution in [0.1, 0.15) is 63.0 Å². The molecule has 0 aromatic heterocycles. The number of rotatable bonds is 11. The highest BCUT2D eigenvalue weighted by atomic mass is 35.5. The van der Waals surface area contributed by atoms with Gasteiger partial charge in [-0.3, -0.25) is 4.79 Å². The molecule has 2 atom stereocenters. The molecule has 0 aliphatic heterocycles. The van der Waals surface area contributed by atoms with Crippen LogP contribution >= 0.6 is 23.2 Å². The van der Waals surface area contributed by atoms with Gasteiger partial charge in [0.1, 0.15) is 0 Å². The van der Waals surface area contributed by atoms with Gasteiger partial charge in [0.2, 0.25) is 5.91 Å². The van der Waals surface area contributed by atoms with E-state index in [0.717, 1.165) is 31.2 Å². The van der Waals surface area contributed by atoms with E-state index in [1.807, 2.05) is 24.3 Å². The Hall–Kier alpha value is -1.59. The fourth-order valence-electron chi connectivity index (χ4n) is 4.79. The summed E-state index contributed by atoms with van der Waals surface area (Å²) in [5, 5.41) is 18.4. The maximum atomic E-state index is 12.6. The van der Waals surface area contributed by atoms with Gasteiger partial charge in [0, 0.05) is 18.1 Å². The highest BCUT2D eigenvalue weighted by Gasteiger charge is 2.33. The van der Waals surface area contributed by atoms with E-state index in [9.17, 15) is 9.90 Å². The van der Waals surface area contributed by atoms with Crippen molar-refractivity contribution in [2.45, 2.75) is 82.4 Å². The zero-order chi connectivity index (χ0) is 23.7. The maximum absolute atomic E-state index is 12.6. The van der Waals surface area contributed by atoms with Crippen LogP contribution in [0.5, 0.6) is 0 Å². The minimum absolute atomic E-state index is 0.00826. The molecule has 0 radical (unpaired) electrons. The minimum Gasteiger partial charge on any atom is -0.393 e.